The second-order valence-electron chi connectivity index (χ2n) is 5.40. The number of rotatable bonds is 3. The summed E-state index contributed by atoms with van der Waals surface area (Å²) in [6.07, 6.45) is 7.47. The Hall–Kier alpha value is -1.16. The minimum absolute atomic E-state index is 0.181. The molecule has 0 bridgehead atoms. The van der Waals surface area contributed by atoms with Crippen LogP contribution in [0.15, 0.2) is 12.4 Å². The van der Waals surface area contributed by atoms with Gasteiger partial charge in [-0.15, -0.1) is 0 Å². The van der Waals surface area contributed by atoms with Crippen molar-refractivity contribution < 1.29 is 4.79 Å². The summed E-state index contributed by atoms with van der Waals surface area (Å²) in [6.45, 7) is 2.70. The smallest absolute Gasteiger partial charge is 0.173 e. The number of ketones is 1. The molecule has 1 aromatic rings. The summed E-state index contributed by atoms with van der Waals surface area (Å²) in [6, 6.07) is 0. The zero-order valence-electron chi connectivity index (χ0n) is 10.6. The predicted octanol–water partition coefficient (Wildman–Crippen LogP) is 1.76. The molecule has 0 saturated heterocycles. The van der Waals surface area contributed by atoms with E-state index in [1.165, 1.54) is 0 Å². The molecule has 4 nitrogen and oxygen atoms in total. The van der Waals surface area contributed by atoms with E-state index in [9.17, 15) is 4.79 Å². The molecule has 17 heavy (non-hydrogen) atoms. The first-order valence-corrected chi connectivity index (χ1v) is 6.31. The van der Waals surface area contributed by atoms with Gasteiger partial charge < -0.3 is 5.73 Å². The summed E-state index contributed by atoms with van der Waals surface area (Å²) in [7, 11) is 1.83. The number of nitrogens with two attached hydrogens (primary N) is 1. The average Bonchev–Trinajstić information content (AvgIpc) is 2.76. The van der Waals surface area contributed by atoms with E-state index >= 15 is 0 Å². The van der Waals surface area contributed by atoms with E-state index in [0.717, 1.165) is 31.6 Å². The van der Waals surface area contributed by atoms with Gasteiger partial charge in [0.2, 0.25) is 0 Å². The van der Waals surface area contributed by atoms with Crippen LogP contribution in [-0.4, -0.2) is 22.1 Å². The van der Waals surface area contributed by atoms with Crippen LogP contribution in [-0.2, 0) is 7.05 Å². The van der Waals surface area contributed by atoms with Gasteiger partial charge in [-0.1, -0.05) is 6.92 Å². The maximum atomic E-state index is 12.5. The van der Waals surface area contributed by atoms with Gasteiger partial charge in [-0.25, -0.2) is 0 Å². The summed E-state index contributed by atoms with van der Waals surface area (Å²) in [5.74, 6) is 0.899. The van der Waals surface area contributed by atoms with E-state index in [1.54, 1.807) is 17.1 Å². The fourth-order valence-corrected chi connectivity index (χ4v) is 2.68. The fourth-order valence-electron chi connectivity index (χ4n) is 2.68. The Balaban J connectivity index is 2.21. The second-order valence-corrected chi connectivity index (χ2v) is 5.40. The highest BCUT2D eigenvalue weighted by Crippen LogP contribution is 2.40. The molecule has 4 heteroatoms. The summed E-state index contributed by atoms with van der Waals surface area (Å²) < 4.78 is 1.67. The van der Waals surface area contributed by atoms with Crippen LogP contribution in [0.2, 0.25) is 0 Å². The monoisotopic (exact) mass is 235 g/mol. The van der Waals surface area contributed by atoms with Crippen molar-refractivity contribution >= 4 is 5.78 Å². The van der Waals surface area contributed by atoms with Crippen molar-refractivity contribution in [2.45, 2.75) is 32.6 Å². The first-order chi connectivity index (χ1) is 8.07. The molecule has 0 radical (unpaired) electrons. The zero-order chi connectivity index (χ0) is 12.5. The number of aromatic nitrogens is 2. The first-order valence-electron chi connectivity index (χ1n) is 6.31. The Morgan fingerprint density at radius 3 is 2.71 bits per heavy atom. The lowest BCUT2D eigenvalue weighted by Gasteiger charge is -2.36. The Bertz CT molecular complexity index is 403. The molecular weight excluding hydrogens is 214 g/mol. The van der Waals surface area contributed by atoms with Crippen molar-refractivity contribution in [3.05, 3.63) is 18.0 Å². The van der Waals surface area contributed by atoms with Crippen LogP contribution >= 0.6 is 0 Å². The average molecular weight is 235 g/mol. The molecule has 0 spiro atoms. The molecular formula is C13H21N3O. The van der Waals surface area contributed by atoms with Gasteiger partial charge in [-0.3, -0.25) is 9.48 Å². The van der Waals surface area contributed by atoms with E-state index < -0.39 is 0 Å². The molecule has 0 unspecified atom stereocenters. The number of nitrogens with zero attached hydrogens (tertiary/aromatic N) is 2. The standard InChI is InChI=1S/C13H21N3O/c1-10-3-5-13(9-14,6-4-10)12(17)11-7-15-16(2)8-11/h7-8,10H,3-6,9,14H2,1-2H3. The lowest BCUT2D eigenvalue weighted by Crippen LogP contribution is -2.41. The Kier molecular flexibility index (Phi) is 3.33. The summed E-state index contributed by atoms with van der Waals surface area (Å²) in [4.78, 5) is 12.5. The van der Waals surface area contributed by atoms with Crippen LogP contribution in [0.25, 0.3) is 0 Å². The molecule has 0 aliphatic heterocycles. The van der Waals surface area contributed by atoms with Gasteiger partial charge in [0.05, 0.1) is 11.8 Å². The van der Waals surface area contributed by atoms with Crippen molar-refractivity contribution in [2.24, 2.45) is 24.1 Å². The lowest BCUT2D eigenvalue weighted by atomic mass is 9.67. The Morgan fingerprint density at radius 2 is 2.24 bits per heavy atom. The highest BCUT2D eigenvalue weighted by molar-refractivity contribution is 6.00. The molecule has 1 aliphatic rings. The van der Waals surface area contributed by atoms with Crippen LogP contribution < -0.4 is 5.73 Å². The SMILES string of the molecule is CC1CCC(CN)(C(=O)c2cnn(C)c2)CC1. The molecule has 0 aromatic carbocycles. The first kappa shape index (κ1) is 12.3. The summed E-state index contributed by atoms with van der Waals surface area (Å²) in [5, 5.41) is 4.07. The van der Waals surface area contributed by atoms with E-state index in [4.69, 9.17) is 5.73 Å². The van der Waals surface area contributed by atoms with E-state index in [0.29, 0.717) is 12.1 Å². The van der Waals surface area contributed by atoms with Crippen molar-refractivity contribution in [2.75, 3.05) is 6.54 Å². The number of hydrogen-bond donors (Lipinski definition) is 1. The van der Waals surface area contributed by atoms with Crippen molar-refractivity contribution in [1.82, 2.24) is 9.78 Å². The largest absolute Gasteiger partial charge is 0.329 e. The van der Waals surface area contributed by atoms with Crippen molar-refractivity contribution in [3.8, 4) is 0 Å². The van der Waals surface area contributed by atoms with Crippen molar-refractivity contribution in [1.29, 1.82) is 0 Å². The molecule has 1 fully saturated rings. The third kappa shape index (κ3) is 2.27. The predicted molar refractivity (Wildman–Crippen MR) is 66.7 cm³/mol. The van der Waals surface area contributed by atoms with Gasteiger partial charge in [0.15, 0.2) is 5.78 Å². The van der Waals surface area contributed by atoms with Crippen LogP contribution in [0.3, 0.4) is 0 Å². The van der Waals surface area contributed by atoms with Gasteiger partial charge >= 0.3 is 0 Å². The van der Waals surface area contributed by atoms with E-state index in [-0.39, 0.29) is 11.2 Å². The highest BCUT2D eigenvalue weighted by atomic mass is 16.1. The maximum Gasteiger partial charge on any atom is 0.173 e. The highest BCUT2D eigenvalue weighted by Gasteiger charge is 2.40. The van der Waals surface area contributed by atoms with Crippen LogP contribution in [0.1, 0.15) is 43.0 Å². The molecule has 1 aliphatic carbocycles. The van der Waals surface area contributed by atoms with Crippen molar-refractivity contribution in [3.63, 3.8) is 0 Å². The number of carbonyl (C=O) groups excluding carboxylic acids is 1. The number of aryl methyl sites for hydroxylation is 1. The minimum Gasteiger partial charge on any atom is -0.329 e. The summed E-state index contributed by atoms with van der Waals surface area (Å²) >= 11 is 0. The number of hydrogen-bond acceptors (Lipinski definition) is 3. The van der Waals surface area contributed by atoms with Gasteiger partial charge in [0, 0.05) is 25.2 Å². The molecule has 1 aromatic heterocycles. The van der Waals surface area contributed by atoms with Gasteiger partial charge in [-0.2, -0.15) is 5.10 Å². The van der Waals surface area contributed by atoms with E-state index in [1.807, 2.05) is 7.05 Å². The number of carbonyl (C=O) groups is 1. The minimum atomic E-state index is -0.338. The third-order valence-electron chi connectivity index (χ3n) is 4.07. The van der Waals surface area contributed by atoms with Crippen LogP contribution in [0, 0.1) is 11.3 Å². The molecule has 94 valence electrons. The molecule has 1 saturated carbocycles. The Morgan fingerprint density at radius 1 is 1.59 bits per heavy atom. The molecule has 0 atom stereocenters. The normalized spacial score (nSPS) is 29.2. The van der Waals surface area contributed by atoms with Crippen LogP contribution in [0.4, 0.5) is 0 Å². The second kappa shape index (κ2) is 4.61. The fraction of sp³-hybridized carbons (Fsp3) is 0.692. The van der Waals surface area contributed by atoms with Gasteiger partial charge in [0.1, 0.15) is 0 Å². The number of Topliss-reactive ketones (excluding diaryl/α,β-unsaturated/α-hetero) is 1. The molecule has 2 N–H and O–H groups in total. The third-order valence-corrected chi connectivity index (χ3v) is 4.07. The van der Waals surface area contributed by atoms with Gasteiger partial charge in [0.25, 0.3) is 0 Å². The lowest BCUT2D eigenvalue weighted by molar-refractivity contribution is 0.0695. The van der Waals surface area contributed by atoms with E-state index in [2.05, 4.69) is 12.0 Å². The zero-order valence-corrected chi connectivity index (χ0v) is 10.6. The topological polar surface area (TPSA) is 60.9 Å². The molecule has 1 heterocycles. The Labute approximate surface area is 102 Å². The van der Waals surface area contributed by atoms with Crippen LogP contribution in [0.5, 0.6) is 0 Å². The quantitative estimate of drug-likeness (QED) is 0.812. The summed E-state index contributed by atoms with van der Waals surface area (Å²) in [5.41, 5.74) is 6.24. The molecule has 2 rings (SSSR count). The molecule has 0 amide bonds. The van der Waals surface area contributed by atoms with Gasteiger partial charge in [-0.05, 0) is 31.6 Å². The maximum absolute atomic E-state index is 12.5.